The van der Waals surface area contributed by atoms with E-state index in [4.69, 9.17) is 9.15 Å². The number of hydrogen-bond donors (Lipinski definition) is 1. The lowest BCUT2D eigenvalue weighted by atomic mass is 10.0. The van der Waals surface area contributed by atoms with Crippen LogP contribution in [0.25, 0.3) is 0 Å². The largest absolute Gasteiger partial charge is 0.469 e. The Bertz CT molecular complexity index is 591. The highest BCUT2D eigenvalue weighted by molar-refractivity contribution is 5.22. The van der Waals surface area contributed by atoms with E-state index in [-0.39, 0.29) is 6.10 Å². The number of hydrogen-bond acceptors (Lipinski definition) is 4. The molecule has 22 heavy (non-hydrogen) atoms. The second-order valence-electron chi connectivity index (χ2n) is 6.18. The summed E-state index contributed by atoms with van der Waals surface area (Å²) >= 11 is 0. The molecule has 1 N–H and O–H groups in total. The lowest BCUT2D eigenvalue weighted by Gasteiger charge is -2.24. The number of aromatic nitrogens is 2. The maximum Gasteiger partial charge on any atom is 0.103 e. The van der Waals surface area contributed by atoms with Gasteiger partial charge in [0.05, 0.1) is 12.5 Å². The Balaban J connectivity index is 1.57. The van der Waals surface area contributed by atoms with E-state index in [1.807, 2.05) is 30.1 Å². The summed E-state index contributed by atoms with van der Waals surface area (Å²) in [7, 11) is 1.97. The molecule has 1 fully saturated rings. The van der Waals surface area contributed by atoms with Gasteiger partial charge in [-0.25, -0.2) is 0 Å². The van der Waals surface area contributed by atoms with Crippen LogP contribution in [0.3, 0.4) is 0 Å². The molecule has 0 unspecified atom stereocenters. The van der Waals surface area contributed by atoms with Crippen molar-refractivity contribution in [3.63, 3.8) is 0 Å². The Morgan fingerprint density at radius 1 is 1.50 bits per heavy atom. The number of nitrogens with one attached hydrogen (secondary N) is 1. The van der Waals surface area contributed by atoms with Gasteiger partial charge in [0, 0.05) is 43.4 Å². The predicted molar refractivity (Wildman–Crippen MR) is 84.7 cm³/mol. The van der Waals surface area contributed by atoms with Crippen LogP contribution >= 0.6 is 0 Å². The van der Waals surface area contributed by atoms with Crippen molar-refractivity contribution < 1.29 is 9.15 Å². The summed E-state index contributed by atoms with van der Waals surface area (Å²) in [5, 5.41) is 8.06. The molecule has 0 aliphatic carbocycles. The van der Waals surface area contributed by atoms with E-state index < -0.39 is 0 Å². The Kier molecular flexibility index (Phi) is 4.64. The van der Waals surface area contributed by atoms with Crippen LogP contribution in [0.15, 0.2) is 29.0 Å². The topological polar surface area (TPSA) is 52.2 Å². The molecule has 5 heteroatoms. The summed E-state index contributed by atoms with van der Waals surface area (Å²) in [6.07, 6.45) is 6.85. The second-order valence-corrected chi connectivity index (χ2v) is 6.18. The van der Waals surface area contributed by atoms with Gasteiger partial charge < -0.3 is 14.5 Å². The average molecular weight is 303 g/mol. The second kappa shape index (κ2) is 6.67. The molecule has 1 saturated heterocycles. The van der Waals surface area contributed by atoms with E-state index in [0.717, 1.165) is 31.6 Å². The van der Waals surface area contributed by atoms with Gasteiger partial charge in [-0.2, -0.15) is 5.10 Å². The highest BCUT2D eigenvalue weighted by Crippen LogP contribution is 2.31. The third-order valence-corrected chi connectivity index (χ3v) is 4.57. The molecule has 0 radical (unpaired) electrons. The van der Waals surface area contributed by atoms with Crippen LogP contribution in [0.5, 0.6) is 0 Å². The van der Waals surface area contributed by atoms with Gasteiger partial charge in [-0.1, -0.05) is 0 Å². The quantitative estimate of drug-likeness (QED) is 0.891. The van der Waals surface area contributed by atoms with Crippen molar-refractivity contribution in [1.82, 2.24) is 15.1 Å². The van der Waals surface area contributed by atoms with Gasteiger partial charge in [0.15, 0.2) is 0 Å². The molecule has 3 atom stereocenters. The van der Waals surface area contributed by atoms with Crippen LogP contribution in [0, 0.1) is 6.92 Å². The SMILES string of the molecule is Cc1c([C@H]2OCC[C@@H]2N[C@@H](C)CCc2ccco2)cnn1C. The molecule has 1 aliphatic rings. The number of rotatable bonds is 6. The number of furan rings is 1. The first-order chi connectivity index (χ1) is 10.6. The van der Waals surface area contributed by atoms with Crippen molar-refractivity contribution in [2.75, 3.05) is 6.61 Å². The minimum Gasteiger partial charge on any atom is -0.469 e. The van der Waals surface area contributed by atoms with Crippen LogP contribution in [0.1, 0.15) is 42.9 Å². The minimum absolute atomic E-state index is 0.111. The lowest BCUT2D eigenvalue weighted by Crippen LogP contribution is -2.38. The summed E-state index contributed by atoms with van der Waals surface area (Å²) < 4.78 is 13.3. The first-order valence-corrected chi connectivity index (χ1v) is 8.03. The van der Waals surface area contributed by atoms with Crippen LogP contribution in [0.4, 0.5) is 0 Å². The van der Waals surface area contributed by atoms with E-state index in [1.54, 1.807) is 6.26 Å². The highest BCUT2D eigenvalue weighted by Gasteiger charge is 2.32. The first-order valence-electron chi connectivity index (χ1n) is 8.03. The molecule has 0 aromatic carbocycles. The summed E-state index contributed by atoms with van der Waals surface area (Å²) in [6.45, 7) is 5.14. The Morgan fingerprint density at radius 2 is 2.36 bits per heavy atom. The van der Waals surface area contributed by atoms with Crippen molar-refractivity contribution in [2.24, 2.45) is 7.05 Å². The average Bonchev–Trinajstić information content (AvgIpc) is 3.21. The van der Waals surface area contributed by atoms with Crippen molar-refractivity contribution in [3.05, 3.63) is 41.6 Å². The third kappa shape index (κ3) is 3.25. The smallest absolute Gasteiger partial charge is 0.103 e. The predicted octanol–water partition coefficient (Wildman–Crippen LogP) is 2.76. The zero-order chi connectivity index (χ0) is 15.5. The lowest BCUT2D eigenvalue weighted by molar-refractivity contribution is 0.0959. The van der Waals surface area contributed by atoms with E-state index in [0.29, 0.717) is 12.1 Å². The molecule has 2 aromatic rings. The highest BCUT2D eigenvalue weighted by atomic mass is 16.5. The molecule has 0 bridgehead atoms. The maximum atomic E-state index is 5.96. The van der Waals surface area contributed by atoms with Crippen molar-refractivity contribution in [2.45, 2.75) is 51.3 Å². The van der Waals surface area contributed by atoms with Crippen molar-refractivity contribution >= 4 is 0 Å². The van der Waals surface area contributed by atoms with Gasteiger partial charge >= 0.3 is 0 Å². The molecular formula is C17H25N3O2. The van der Waals surface area contributed by atoms with E-state index >= 15 is 0 Å². The summed E-state index contributed by atoms with van der Waals surface area (Å²) in [4.78, 5) is 0. The van der Waals surface area contributed by atoms with Crippen molar-refractivity contribution in [1.29, 1.82) is 0 Å². The maximum absolute atomic E-state index is 5.96. The van der Waals surface area contributed by atoms with Gasteiger partial charge in [0.25, 0.3) is 0 Å². The van der Waals surface area contributed by atoms with Gasteiger partial charge in [-0.05, 0) is 38.8 Å². The summed E-state index contributed by atoms with van der Waals surface area (Å²) in [5.74, 6) is 1.05. The molecule has 5 nitrogen and oxygen atoms in total. The Labute approximate surface area is 131 Å². The molecule has 1 aliphatic heterocycles. The van der Waals surface area contributed by atoms with Crippen LogP contribution in [-0.2, 0) is 18.2 Å². The minimum atomic E-state index is 0.111. The number of aryl methyl sites for hydroxylation is 2. The van der Waals surface area contributed by atoms with Gasteiger partial charge in [0.1, 0.15) is 11.9 Å². The van der Waals surface area contributed by atoms with E-state index in [1.165, 1.54) is 11.3 Å². The van der Waals surface area contributed by atoms with Crippen LogP contribution in [0.2, 0.25) is 0 Å². The zero-order valence-electron chi connectivity index (χ0n) is 13.6. The van der Waals surface area contributed by atoms with E-state index in [9.17, 15) is 0 Å². The van der Waals surface area contributed by atoms with Crippen LogP contribution < -0.4 is 5.32 Å². The van der Waals surface area contributed by atoms with Crippen molar-refractivity contribution in [3.8, 4) is 0 Å². The third-order valence-electron chi connectivity index (χ3n) is 4.57. The molecule has 3 heterocycles. The normalized spacial score (nSPS) is 23.0. The molecule has 3 rings (SSSR count). The molecule has 0 amide bonds. The Hall–Kier alpha value is -1.59. The fourth-order valence-corrected chi connectivity index (χ4v) is 3.12. The fraction of sp³-hybridized carbons (Fsp3) is 0.588. The number of ether oxygens (including phenoxy) is 1. The molecule has 0 saturated carbocycles. The van der Waals surface area contributed by atoms with Gasteiger partial charge in [-0.15, -0.1) is 0 Å². The van der Waals surface area contributed by atoms with E-state index in [2.05, 4.69) is 24.3 Å². The summed E-state index contributed by atoms with van der Waals surface area (Å²) in [6, 6.07) is 4.76. The summed E-state index contributed by atoms with van der Waals surface area (Å²) in [5.41, 5.74) is 2.39. The first kappa shape index (κ1) is 15.3. The van der Waals surface area contributed by atoms with Crippen LogP contribution in [-0.4, -0.2) is 28.5 Å². The molecule has 2 aromatic heterocycles. The molecule has 120 valence electrons. The van der Waals surface area contributed by atoms with Gasteiger partial charge in [0.2, 0.25) is 0 Å². The molecular weight excluding hydrogens is 278 g/mol. The molecule has 0 spiro atoms. The zero-order valence-corrected chi connectivity index (χ0v) is 13.6. The van der Waals surface area contributed by atoms with Gasteiger partial charge in [-0.3, -0.25) is 4.68 Å². The number of nitrogens with zero attached hydrogens (tertiary/aromatic N) is 2. The fourth-order valence-electron chi connectivity index (χ4n) is 3.12. The Morgan fingerprint density at radius 3 is 3.05 bits per heavy atom. The standard InChI is InChI=1S/C17H25N3O2/c1-12(6-7-14-5-4-9-21-14)19-16-8-10-22-17(16)15-11-18-20(3)13(15)2/h4-5,9,11-12,16-17,19H,6-8,10H2,1-3H3/t12-,16-,17+/m0/s1. The monoisotopic (exact) mass is 303 g/mol.